The fourth-order valence-electron chi connectivity index (χ4n) is 0.876. The van der Waals surface area contributed by atoms with Gasteiger partial charge < -0.3 is 10.6 Å². The molecule has 0 aromatic rings. The Kier molecular flexibility index (Phi) is 1.89. The van der Waals surface area contributed by atoms with Crippen LogP contribution in [-0.2, 0) is 9.59 Å². The molecule has 0 aromatic heterocycles. The molecule has 10 heavy (non-hydrogen) atoms. The van der Waals surface area contributed by atoms with Crippen LogP contribution in [0.1, 0.15) is 0 Å². The van der Waals surface area contributed by atoms with Crippen molar-refractivity contribution >= 4 is 11.8 Å². The Labute approximate surface area is 59.0 Å². The molecule has 1 atom stereocenters. The van der Waals surface area contributed by atoms with Gasteiger partial charge in [-0.3, -0.25) is 9.59 Å². The third kappa shape index (κ3) is 1.10. The van der Waals surface area contributed by atoms with Crippen LogP contribution in [0.2, 0.25) is 0 Å². The number of amides is 2. The first-order chi connectivity index (χ1) is 4.75. The van der Waals surface area contributed by atoms with E-state index >= 15 is 0 Å². The minimum Gasteiger partial charge on any atom is -0.358 e. The molecule has 2 N–H and O–H groups in total. The average Bonchev–Trinajstić information content (AvgIpc) is 2.34. The predicted molar refractivity (Wildman–Crippen MR) is 34.9 cm³/mol. The van der Waals surface area contributed by atoms with Gasteiger partial charge in [-0.2, -0.15) is 0 Å². The third-order valence-electron chi connectivity index (χ3n) is 1.44. The molecule has 4 heteroatoms. The van der Waals surface area contributed by atoms with Gasteiger partial charge in [-0.15, -0.1) is 0 Å². The van der Waals surface area contributed by atoms with Crippen molar-refractivity contribution in [3.05, 3.63) is 6.42 Å². The summed E-state index contributed by atoms with van der Waals surface area (Å²) in [5.74, 6) is -1.03. The molecule has 0 saturated carbocycles. The Hall–Kier alpha value is -1.06. The number of hydrogen-bond acceptors (Lipinski definition) is 2. The second-order valence-electron chi connectivity index (χ2n) is 2.07. The SMILES string of the molecule is CNC(=O)C1[CH]CNC1=O. The molecule has 1 rings (SSSR count). The Morgan fingerprint density at radius 3 is 3.00 bits per heavy atom. The van der Waals surface area contributed by atoms with E-state index in [0.717, 1.165) is 0 Å². The largest absolute Gasteiger partial charge is 0.358 e. The van der Waals surface area contributed by atoms with Gasteiger partial charge in [0.15, 0.2) is 0 Å². The van der Waals surface area contributed by atoms with Crippen molar-refractivity contribution in [1.82, 2.24) is 10.6 Å². The summed E-state index contributed by atoms with van der Waals surface area (Å²) in [7, 11) is 1.52. The second kappa shape index (κ2) is 2.68. The molecular formula is C6H9N2O2. The van der Waals surface area contributed by atoms with Gasteiger partial charge in [0.2, 0.25) is 11.8 Å². The first-order valence-corrected chi connectivity index (χ1v) is 3.08. The van der Waals surface area contributed by atoms with Gasteiger partial charge in [0.1, 0.15) is 5.92 Å². The van der Waals surface area contributed by atoms with E-state index in [1.807, 2.05) is 0 Å². The Balaban J connectivity index is 2.55. The maximum absolute atomic E-state index is 10.8. The van der Waals surface area contributed by atoms with E-state index in [2.05, 4.69) is 10.6 Å². The molecular weight excluding hydrogens is 132 g/mol. The summed E-state index contributed by atoms with van der Waals surface area (Å²) in [4.78, 5) is 21.6. The molecule has 0 aromatic carbocycles. The van der Waals surface area contributed by atoms with Crippen LogP contribution in [0.15, 0.2) is 0 Å². The van der Waals surface area contributed by atoms with Crippen molar-refractivity contribution in [3.63, 3.8) is 0 Å². The molecule has 1 unspecified atom stereocenters. The minimum absolute atomic E-state index is 0.209. The van der Waals surface area contributed by atoms with Gasteiger partial charge >= 0.3 is 0 Å². The number of nitrogens with one attached hydrogen (secondary N) is 2. The lowest BCUT2D eigenvalue weighted by atomic mass is 10.1. The van der Waals surface area contributed by atoms with Crippen LogP contribution < -0.4 is 10.6 Å². The fourth-order valence-corrected chi connectivity index (χ4v) is 0.876. The van der Waals surface area contributed by atoms with Gasteiger partial charge in [-0.25, -0.2) is 0 Å². The summed E-state index contributed by atoms with van der Waals surface area (Å²) in [6, 6.07) is 0. The number of carbonyl (C=O) groups excluding carboxylic acids is 2. The quantitative estimate of drug-likeness (QED) is 0.445. The number of hydrogen-bond donors (Lipinski definition) is 2. The van der Waals surface area contributed by atoms with Crippen molar-refractivity contribution in [2.45, 2.75) is 0 Å². The molecule has 1 radical (unpaired) electrons. The zero-order chi connectivity index (χ0) is 7.56. The minimum atomic E-state index is -0.579. The van der Waals surface area contributed by atoms with E-state index in [9.17, 15) is 9.59 Å². The van der Waals surface area contributed by atoms with Crippen LogP contribution in [0.4, 0.5) is 0 Å². The maximum atomic E-state index is 10.8. The van der Waals surface area contributed by atoms with Crippen LogP contribution in [-0.4, -0.2) is 25.4 Å². The molecule has 1 aliphatic heterocycles. The van der Waals surface area contributed by atoms with Gasteiger partial charge in [-0.05, 0) is 0 Å². The summed E-state index contributed by atoms with van der Waals surface area (Å²) in [6.45, 7) is 0.497. The fraction of sp³-hybridized carbons (Fsp3) is 0.500. The number of carbonyl (C=O) groups is 2. The zero-order valence-electron chi connectivity index (χ0n) is 5.68. The molecule has 2 amide bonds. The van der Waals surface area contributed by atoms with Crippen LogP contribution in [0.5, 0.6) is 0 Å². The summed E-state index contributed by atoms with van der Waals surface area (Å²) in [5, 5.41) is 4.94. The smallest absolute Gasteiger partial charge is 0.232 e. The van der Waals surface area contributed by atoms with Crippen LogP contribution in [0.3, 0.4) is 0 Å². The first kappa shape index (κ1) is 7.05. The molecule has 55 valence electrons. The molecule has 4 nitrogen and oxygen atoms in total. The van der Waals surface area contributed by atoms with Crippen LogP contribution >= 0.6 is 0 Å². The highest BCUT2D eigenvalue weighted by molar-refractivity contribution is 6.03. The van der Waals surface area contributed by atoms with E-state index in [4.69, 9.17) is 0 Å². The van der Waals surface area contributed by atoms with Crippen LogP contribution in [0.25, 0.3) is 0 Å². The summed E-state index contributed by atoms with van der Waals surface area (Å²) >= 11 is 0. The number of rotatable bonds is 1. The standard InChI is InChI=1S/C6H9N2O2/c1-7-5(9)4-2-3-8-6(4)10/h2,4H,3H2,1H3,(H,7,9)(H,8,10). The summed E-state index contributed by atoms with van der Waals surface area (Å²) in [6.07, 6.45) is 1.65. The van der Waals surface area contributed by atoms with E-state index in [0.29, 0.717) is 6.54 Å². The van der Waals surface area contributed by atoms with Crippen molar-refractivity contribution in [3.8, 4) is 0 Å². The van der Waals surface area contributed by atoms with E-state index in [1.54, 1.807) is 6.42 Å². The van der Waals surface area contributed by atoms with Gasteiger partial charge in [0.05, 0.1) is 0 Å². The Bertz CT molecular complexity index is 167. The molecule has 0 aliphatic carbocycles. The van der Waals surface area contributed by atoms with Crippen LogP contribution in [0, 0.1) is 12.3 Å². The van der Waals surface area contributed by atoms with Crippen molar-refractivity contribution in [2.24, 2.45) is 5.92 Å². The predicted octanol–water partition coefficient (Wildman–Crippen LogP) is -1.32. The lowest BCUT2D eigenvalue weighted by molar-refractivity contribution is -0.131. The van der Waals surface area contributed by atoms with Crippen molar-refractivity contribution in [1.29, 1.82) is 0 Å². The molecule has 1 saturated heterocycles. The summed E-state index contributed by atoms with van der Waals surface area (Å²) in [5.41, 5.74) is 0. The van der Waals surface area contributed by atoms with E-state index < -0.39 is 5.92 Å². The topological polar surface area (TPSA) is 58.2 Å². The van der Waals surface area contributed by atoms with Crippen molar-refractivity contribution in [2.75, 3.05) is 13.6 Å². The molecule has 0 bridgehead atoms. The lowest BCUT2D eigenvalue weighted by Gasteiger charge is -2.02. The van der Waals surface area contributed by atoms with Crippen molar-refractivity contribution < 1.29 is 9.59 Å². The summed E-state index contributed by atoms with van der Waals surface area (Å²) < 4.78 is 0. The monoisotopic (exact) mass is 141 g/mol. The zero-order valence-corrected chi connectivity index (χ0v) is 5.68. The highest BCUT2D eigenvalue weighted by Gasteiger charge is 2.30. The van der Waals surface area contributed by atoms with E-state index in [-0.39, 0.29) is 11.8 Å². The first-order valence-electron chi connectivity index (χ1n) is 3.08. The normalized spacial score (nSPS) is 24.1. The Morgan fingerprint density at radius 1 is 1.90 bits per heavy atom. The third-order valence-corrected chi connectivity index (χ3v) is 1.44. The second-order valence-corrected chi connectivity index (χ2v) is 2.07. The lowest BCUT2D eigenvalue weighted by Crippen LogP contribution is -2.32. The van der Waals surface area contributed by atoms with Gasteiger partial charge in [-0.1, -0.05) is 0 Å². The average molecular weight is 141 g/mol. The highest BCUT2D eigenvalue weighted by atomic mass is 16.2. The Morgan fingerprint density at radius 2 is 2.60 bits per heavy atom. The van der Waals surface area contributed by atoms with Gasteiger partial charge in [0, 0.05) is 20.0 Å². The molecule has 1 aliphatic rings. The van der Waals surface area contributed by atoms with Gasteiger partial charge in [0.25, 0.3) is 0 Å². The molecule has 0 spiro atoms. The molecule has 1 heterocycles. The van der Waals surface area contributed by atoms with E-state index in [1.165, 1.54) is 7.05 Å². The highest BCUT2D eigenvalue weighted by Crippen LogP contribution is 2.06. The molecule has 1 fully saturated rings. The maximum Gasteiger partial charge on any atom is 0.232 e.